The van der Waals surface area contributed by atoms with Gasteiger partial charge in [-0.1, -0.05) is 41.4 Å². The molecule has 1 fully saturated rings. The number of halogens is 2. The minimum Gasteiger partial charge on any atom is -0.495 e. The van der Waals surface area contributed by atoms with Crippen molar-refractivity contribution in [3.8, 4) is 5.75 Å². The van der Waals surface area contributed by atoms with E-state index in [4.69, 9.17) is 27.9 Å². The molecule has 0 bridgehead atoms. The summed E-state index contributed by atoms with van der Waals surface area (Å²) < 4.78 is 5.27. The molecule has 2 aromatic rings. The first-order chi connectivity index (χ1) is 13.0. The van der Waals surface area contributed by atoms with Crippen molar-refractivity contribution in [2.45, 2.75) is 6.54 Å². The smallest absolute Gasteiger partial charge is 0.238 e. The van der Waals surface area contributed by atoms with Gasteiger partial charge in [0, 0.05) is 32.7 Å². The number of methoxy groups -OCH3 is 1. The van der Waals surface area contributed by atoms with Gasteiger partial charge in [-0.2, -0.15) is 0 Å². The zero-order valence-electron chi connectivity index (χ0n) is 15.3. The van der Waals surface area contributed by atoms with E-state index in [1.807, 2.05) is 42.5 Å². The van der Waals surface area contributed by atoms with Gasteiger partial charge >= 0.3 is 0 Å². The Morgan fingerprint density at radius 1 is 1.04 bits per heavy atom. The standard InChI is InChI=1S/C20H23Cl2N3O2/c1-27-19-5-3-2-4-18(19)23-20(26)14-25-10-8-24(9-11-25)13-15-6-7-16(21)17(22)12-15/h2-7,12H,8-11,13-14H2,1H3,(H,23,26). The van der Waals surface area contributed by atoms with Crippen molar-refractivity contribution in [2.75, 3.05) is 45.2 Å². The molecule has 0 unspecified atom stereocenters. The molecule has 1 saturated heterocycles. The Balaban J connectivity index is 1.46. The molecular formula is C20H23Cl2N3O2. The number of anilines is 1. The number of nitrogens with one attached hydrogen (secondary N) is 1. The average molecular weight is 408 g/mol. The van der Waals surface area contributed by atoms with E-state index in [9.17, 15) is 4.79 Å². The number of rotatable bonds is 6. The van der Waals surface area contributed by atoms with E-state index in [1.165, 1.54) is 0 Å². The SMILES string of the molecule is COc1ccccc1NC(=O)CN1CCN(Cc2ccc(Cl)c(Cl)c2)CC1. The number of hydrogen-bond acceptors (Lipinski definition) is 4. The van der Waals surface area contributed by atoms with Crippen LogP contribution >= 0.6 is 23.2 Å². The topological polar surface area (TPSA) is 44.8 Å². The summed E-state index contributed by atoms with van der Waals surface area (Å²) in [4.78, 5) is 16.9. The largest absolute Gasteiger partial charge is 0.495 e. The number of carbonyl (C=O) groups is 1. The number of amides is 1. The molecule has 0 saturated carbocycles. The van der Waals surface area contributed by atoms with E-state index < -0.39 is 0 Å². The molecule has 0 atom stereocenters. The van der Waals surface area contributed by atoms with Crippen LogP contribution in [0.2, 0.25) is 10.0 Å². The second-order valence-electron chi connectivity index (χ2n) is 6.55. The summed E-state index contributed by atoms with van der Waals surface area (Å²) in [6, 6.07) is 13.2. The summed E-state index contributed by atoms with van der Waals surface area (Å²) >= 11 is 12.1. The lowest BCUT2D eigenvalue weighted by molar-refractivity contribution is -0.117. The zero-order chi connectivity index (χ0) is 19.2. The Bertz CT molecular complexity index is 793. The van der Waals surface area contributed by atoms with Crippen molar-refractivity contribution >= 4 is 34.8 Å². The van der Waals surface area contributed by atoms with Crippen molar-refractivity contribution in [3.05, 3.63) is 58.1 Å². The Morgan fingerprint density at radius 2 is 1.74 bits per heavy atom. The third kappa shape index (κ3) is 5.59. The molecule has 1 N–H and O–H groups in total. The Hall–Kier alpha value is -1.79. The summed E-state index contributed by atoms with van der Waals surface area (Å²) in [5.74, 6) is 0.634. The van der Waals surface area contributed by atoms with Crippen molar-refractivity contribution in [3.63, 3.8) is 0 Å². The highest BCUT2D eigenvalue weighted by Crippen LogP contribution is 2.24. The molecule has 0 radical (unpaired) electrons. The molecule has 1 heterocycles. The third-order valence-electron chi connectivity index (χ3n) is 4.60. The first kappa shape index (κ1) is 20.0. The van der Waals surface area contributed by atoms with Crippen LogP contribution in [-0.2, 0) is 11.3 Å². The second kappa shape index (κ2) is 9.42. The molecule has 3 rings (SSSR count). The third-order valence-corrected chi connectivity index (χ3v) is 5.34. The number of ether oxygens (including phenoxy) is 1. The highest BCUT2D eigenvalue weighted by Gasteiger charge is 2.19. The molecule has 27 heavy (non-hydrogen) atoms. The fourth-order valence-electron chi connectivity index (χ4n) is 3.14. The van der Waals surface area contributed by atoms with Gasteiger partial charge in [-0.15, -0.1) is 0 Å². The molecule has 1 aliphatic rings. The number of benzene rings is 2. The minimum atomic E-state index is -0.0302. The van der Waals surface area contributed by atoms with Crippen molar-refractivity contribution in [1.82, 2.24) is 9.80 Å². The predicted molar refractivity (Wildman–Crippen MR) is 110 cm³/mol. The van der Waals surface area contributed by atoms with E-state index in [-0.39, 0.29) is 5.91 Å². The van der Waals surface area contributed by atoms with Crippen LogP contribution in [0.4, 0.5) is 5.69 Å². The Kier molecular flexibility index (Phi) is 6.96. The Morgan fingerprint density at radius 3 is 2.44 bits per heavy atom. The fourth-order valence-corrected chi connectivity index (χ4v) is 3.46. The molecule has 5 nitrogen and oxygen atoms in total. The van der Waals surface area contributed by atoms with Crippen LogP contribution in [0.1, 0.15) is 5.56 Å². The van der Waals surface area contributed by atoms with E-state index in [1.54, 1.807) is 7.11 Å². The van der Waals surface area contributed by atoms with Crippen LogP contribution in [0.25, 0.3) is 0 Å². The first-order valence-electron chi connectivity index (χ1n) is 8.86. The summed E-state index contributed by atoms with van der Waals surface area (Å²) in [6.07, 6.45) is 0. The highest BCUT2D eigenvalue weighted by atomic mass is 35.5. The normalized spacial score (nSPS) is 15.5. The van der Waals surface area contributed by atoms with Crippen molar-refractivity contribution < 1.29 is 9.53 Å². The van der Waals surface area contributed by atoms with Crippen molar-refractivity contribution in [2.24, 2.45) is 0 Å². The quantitative estimate of drug-likeness (QED) is 0.791. The van der Waals surface area contributed by atoms with Gasteiger partial charge in [-0.3, -0.25) is 14.6 Å². The van der Waals surface area contributed by atoms with E-state index in [0.717, 1.165) is 38.3 Å². The maximum atomic E-state index is 12.3. The van der Waals surface area contributed by atoms with Gasteiger partial charge in [-0.05, 0) is 29.8 Å². The van der Waals surface area contributed by atoms with Crippen molar-refractivity contribution in [1.29, 1.82) is 0 Å². The van der Waals surface area contributed by atoms with Gasteiger partial charge in [0.2, 0.25) is 5.91 Å². The predicted octanol–water partition coefficient (Wildman–Crippen LogP) is 3.76. The number of nitrogens with zero attached hydrogens (tertiary/aromatic N) is 2. The molecule has 0 aliphatic carbocycles. The van der Waals surface area contributed by atoms with Crippen LogP contribution < -0.4 is 10.1 Å². The van der Waals surface area contributed by atoms with Gasteiger partial charge in [-0.25, -0.2) is 0 Å². The van der Waals surface area contributed by atoms with Gasteiger partial charge < -0.3 is 10.1 Å². The minimum absolute atomic E-state index is 0.0302. The molecule has 1 aliphatic heterocycles. The maximum Gasteiger partial charge on any atom is 0.238 e. The maximum absolute atomic E-state index is 12.3. The summed E-state index contributed by atoms with van der Waals surface area (Å²) in [7, 11) is 1.60. The lowest BCUT2D eigenvalue weighted by atomic mass is 10.2. The summed E-state index contributed by atoms with van der Waals surface area (Å²) in [5.41, 5.74) is 1.84. The second-order valence-corrected chi connectivity index (χ2v) is 7.36. The molecule has 7 heteroatoms. The van der Waals surface area contributed by atoms with Crippen LogP contribution in [0.5, 0.6) is 5.75 Å². The van der Waals surface area contributed by atoms with E-state index in [0.29, 0.717) is 28.0 Å². The Labute approximate surface area is 169 Å². The molecule has 144 valence electrons. The lowest BCUT2D eigenvalue weighted by Gasteiger charge is -2.34. The average Bonchev–Trinajstić information content (AvgIpc) is 2.67. The van der Waals surface area contributed by atoms with Crippen LogP contribution in [-0.4, -0.2) is 55.5 Å². The summed E-state index contributed by atoms with van der Waals surface area (Å²) in [6.45, 7) is 4.71. The zero-order valence-corrected chi connectivity index (χ0v) is 16.8. The highest BCUT2D eigenvalue weighted by molar-refractivity contribution is 6.42. The number of hydrogen-bond donors (Lipinski definition) is 1. The molecule has 2 aromatic carbocycles. The summed E-state index contributed by atoms with van der Waals surface area (Å²) in [5, 5.41) is 4.08. The first-order valence-corrected chi connectivity index (χ1v) is 9.62. The van der Waals surface area contributed by atoms with Gasteiger partial charge in [0.25, 0.3) is 0 Å². The number of para-hydroxylation sites is 2. The lowest BCUT2D eigenvalue weighted by Crippen LogP contribution is -2.48. The number of piperazine rings is 1. The van der Waals surface area contributed by atoms with E-state index in [2.05, 4.69) is 15.1 Å². The van der Waals surface area contributed by atoms with E-state index >= 15 is 0 Å². The number of carbonyl (C=O) groups excluding carboxylic acids is 1. The molecule has 0 spiro atoms. The monoisotopic (exact) mass is 407 g/mol. The van der Waals surface area contributed by atoms with Crippen LogP contribution in [0.15, 0.2) is 42.5 Å². The van der Waals surface area contributed by atoms with Crippen LogP contribution in [0, 0.1) is 0 Å². The van der Waals surface area contributed by atoms with Crippen LogP contribution in [0.3, 0.4) is 0 Å². The van der Waals surface area contributed by atoms with Gasteiger partial charge in [0.05, 0.1) is 29.4 Å². The van der Waals surface area contributed by atoms with Gasteiger partial charge in [0.15, 0.2) is 0 Å². The molecule has 1 amide bonds. The fraction of sp³-hybridized carbons (Fsp3) is 0.350. The molecular weight excluding hydrogens is 385 g/mol. The van der Waals surface area contributed by atoms with Gasteiger partial charge in [0.1, 0.15) is 5.75 Å². The molecule has 0 aromatic heterocycles.